The predicted molar refractivity (Wildman–Crippen MR) is 79.1 cm³/mol. The number of piperidine rings is 1. The van der Waals surface area contributed by atoms with Crippen molar-refractivity contribution in [2.75, 3.05) is 26.3 Å². The maximum atomic E-state index is 13.0. The molecule has 0 aliphatic carbocycles. The summed E-state index contributed by atoms with van der Waals surface area (Å²) in [5.41, 5.74) is 0. The highest BCUT2D eigenvalue weighted by Gasteiger charge is 2.29. The molecule has 4 nitrogen and oxygen atoms in total. The molecular formula is C16H23FN2O2. The second-order valence-corrected chi connectivity index (χ2v) is 5.77. The summed E-state index contributed by atoms with van der Waals surface area (Å²) in [5, 5.41) is 7.05. The first-order chi connectivity index (χ1) is 10.3. The molecule has 2 aliphatic heterocycles. The number of ether oxygens (including phenoxy) is 2. The van der Waals surface area contributed by atoms with Crippen LogP contribution >= 0.6 is 0 Å². The zero-order valence-electron chi connectivity index (χ0n) is 12.2. The van der Waals surface area contributed by atoms with Crippen molar-refractivity contribution in [2.45, 2.75) is 37.5 Å². The third-order valence-electron chi connectivity index (χ3n) is 4.18. The van der Waals surface area contributed by atoms with Crippen molar-refractivity contribution in [2.24, 2.45) is 0 Å². The van der Waals surface area contributed by atoms with E-state index in [9.17, 15) is 4.39 Å². The van der Waals surface area contributed by atoms with Crippen LogP contribution in [0.1, 0.15) is 19.3 Å². The smallest absolute Gasteiger partial charge is 0.123 e. The second-order valence-electron chi connectivity index (χ2n) is 5.77. The van der Waals surface area contributed by atoms with Crippen molar-refractivity contribution >= 4 is 0 Å². The Kier molecular flexibility index (Phi) is 5.06. The lowest BCUT2D eigenvalue weighted by molar-refractivity contribution is -0.00871. The number of nitrogens with one attached hydrogen (secondary N) is 2. The normalized spacial score (nSPS) is 27.5. The van der Waals surface area contributed by atoms with Gasteiger partial charge in [-0.15, -0.1) is 0 Å². The highest BCUT2D eigenvalue weighted by molar-refractivity contribution is 5.22. The van der Waals surface area contributed by atoms with Crippen LogP contribution in [0.15, 0.2) is 24.3 Å². The first kappa shape index (κ1) is 14.8. The molecule has 2 heterocycles. The maximum Gasteiger partial charge on any atom is 0.123 e. The van der Waals surface area contributed by atoms with Gasteiger partial charge in [0.05, 0.1) is 19.3 Å². The molecule has 0 amide bonds. The fourth-order valence-corrected chi connectivity index (χ4v) is 2.99. The Morgan fingerprint density at radius 3 is 2.67 bits per heavy atom. The molecule has 2 N–H and O–H groups in total. The van der Waals surface area contributed by atoms with Gasteiger partial charge >= 0.3 is 0 Å². The van der Waals surface area contributed by atoms with Crippen molar-refractivity contribution in [3.63, 3.8) is 0 Å². The summed E-state index contributed by atoms with van der Waals surface area (Å²) in [6.07, 6.45) is 3.22. The minimum absolute atomic E-state index is 0.0825. The minimum atomic E-state index is -0.237. The lowest BCUT2D eigenvalue weighted by atomic mass is 10.0. The Hall–Kier alpha value is -1.17. The molecule has 2 saturated heterocycles. The number of benzene rings is 1. The molecule has 0 unspecified atom stereocenters. The van der Waals surface area contributed by atoms with Crippen LogP contribution in [-0.2, 0) is 4.74 Å². The zero-order chi connectivity index (χ0) is 14.5. The van der Waals surface area contributed by atoms with Crippen LogP contribution in [0, 0.1) is 5.82 Å². The van der Waals surface area contributed by atoms with Gasteiger partial charge in [0.25, 0.3) is 0 Å². The second kappa shape index (κ2) is 7.20. The van der Waals surface area contributed by atoms with Gasteiger partial charge in [-0.2, -0.15) is 0 Å². The molecule has 1 aromatic rings. The summed E-state index contributed by atoms with van der Waals surface area (Å²) in [4.78, 5) is 0. The average Bonchev–Trinajstić information content (AvgIpc) is 2.52. The van der Waals surface area contributed by atoms with E-state index in [-0.39, 0.29) is 18.0 Å². The van der Waals surface area contributed by atoms with Crippen LogP contribution < -0.4 is 15.4 Å². The average molecular weight is 294 g/mol. The molecule has 2 aliphatic rings. The fourth-order valence-electron chi connectivity index (χ4n) is 2.99. The van der Waals surface area contributed by atoms with Crippen LogP contribution in [0.4, 0.5) is 4.39 Å². The van der Waals surface area contributed by atoms with E-state index in [1.807, 2.05) is 0 Å². The van der Waals surface area contributed by atoms with Crippen LogP contribution in [0.2, 0.25) is 0 Å². The van der Waals surface area contributed by atoms with Gasteiger partial charge < -0.3 is 20.1 Å². The molecule has 21 heavy (non-hydrogen) atoms. The van der Waals surface area contributed by atoms with E-state index in [1.165, 1.54) is 12.1 Å². The first-order valence-corrected chi connectivity index (χ1v) is 7.78. The monoisotopic (exact) mass is 294 g/mol. The van der Waals surface area contributed by atoms with Crippen LogP contribution in [0.25, 0.3) is 0 Å². The molecule has 2 atom stereocenters. The summed E-state index contributed by atoms with van der Waals surface area (Å²) in [6.45, 7) is 3.52. The highest BCUT2D eigenvalue weighted by atomic mass is 19.1. The van der Waals surface area contributed by atoms with Crippen LogP contribution in [0.3, 0.4) is 0 Å². The van der Waals surface area contributed by atoms with E-state index in [4.69, 9.17) is 9.47 Å². The molecule has 3 rings (SSSR count). The lowest BCUT2D eigenvalue weighted by Crippen LogP contribution is -2.55. The topological polar surface area (TPSA) is 42.5 Å². The predicted octanol–water partition coefficient (Wildman–Crippen LogP) is 1.70. The molecule has 5 heteroatoms. The van der Waals surface area contributed by atoms with Gasteiger partial charge in [0, 0.05) is 12.5 Å². The molecule has 0 aromatic heterocycles. The third-order valence-corrected chi connectivity index (χ3v) is 4.18. The Labute approximate surface area is 125 Å². The number of rotatable bonds is 4. The van der Waals surface area contributed by atoms with Crippen molar-refractivity contribution in [1.29, 1.82) is 0 Å². The van der Waals surface area contributed by atoms with Crippen molar-refractivity contribution in [3.8, 4) is 5.75 Å². The summed E-state index contributed by atoms with van der Waals surface area (Å²) >= 11 is 0. The van der Waals surface area contributed by atoms with Crippen molar-refractivity contribution in [1.82, 2.24) is 10.6 Å². The van der Waals surface area contributed by atoms with E-state index in [0.717, 1.165) is 44.7 Å². The number of hydrogen-bond donors (Lipinski definition) is 2. The van der Waals surface area contributed by atoms with E-state index in [2.05, 4.69) is 10.6 Å². The third kappa shape index (κ3) is 4.15. The van der Waals surface area contributed by atoms with Crippen molar-refractivity contribution in [3.05, 3.63) is 30.1 Å². The van der Waals surface area contributed by atoms with Gasteiger partial charge in [-0.1, -0.05) is 0 Å². The summed E-state index contributed by atoms with van der Waals surface area (Å²) in [7, 11) is 0. The lowest BCUT2D eigenvalue weighted by Gasteiger charge is -2.36. The van der Waals surface area contributed by atoms with E-state index in [1.54, 1.807) is 12.1 Å². The van der Waals surface area contributed by atoms with E-state index in [0.29, 0.717) is 12.6 Å². The molecular weight excluding hydrogens is 271 g/mol. The molecule has 0 radical (unpaired) electrons. The first-order valence-electron chi connectivity index (χ1n) is 7.78. The summed E-state index contributed by atoms with van der Waals surface area (Å²) in [6, 6.07) is 6.97. The molecule has 0 bridgehead atoms. The van der Waals surface area contributed by atoms with Gasteiger partial charge in [-0.3, -0.25) is 0 Å². The quantitative estimate of drug-likeness (QED) is 0.887. The van der Waals surface area contributed by atoms with Gasteiger partial charge in [-0.25, -0.2) is 4.39 Å². The Bertz CT molecular complexity index is 434. The largest absolute Gasteiger partial charge is 0.489 e. The van der Waals surface area contributed by atoms with E-state index < -0.39 is 0 Å². The minimum Gasteiger partial charge on any atom is -0.489 e. The maximum absolute atomic E-state index is 13.0. The molecule has 116 valence electrons. The summed E-state index contributed by atoms with van der Waals surface area (Å²) in [5.74, 6) is 0.485. The Balaban J connectivity index is 1.59. The van der Waals surface area contributed by atoms with Crippen LogP contribution in [0.5, 0.6) is 5.75 Å². The number of halogens is 1. The molecule has 1 aromatic carbocycles. The van der Waals surface area contributed by atoms with Gasteiger partial charge in [0.2, 0.25) is 0 Å². The van der Waals surface area contributed by atoms with Gasteiger partial charge in [0.15, 0.2) is 0 Å². The summed E-state index contributed by atoms with van der Waals surface area (Å²) < 4.78 is 24.6. The van der Waals surface area contributed by atoms with Gasteiger partial charge in [-0.05, 0) is 50.2 Å². The van der Waals surface area contributed by atoms with Crippen LogP contribution in [-0.4, -0.2) is 44.5 Å². The SMILES string of the molecule is Fc1ccc(O[C@@H]2CCOC[C@@H]2NC2CCNCC2)cc1. The number of hydrogen-bond acceptors (Lipinski definition) is 4. The molecule has 0 spiro atoms. The molecule has 0 saturated carbocycles. The Morgan fingerprint density at radius 1 is 1.14 bits per heavy atom. The van der Waals surface area contributed by atoms with Crippen molar-refractivity contribution < 1.29 is 13.9 Å². The Morgan fingerprint density at radius 2 is 1.90 bits per heavy atom. The fraction of sp³-hybridized carbons (Fsp3) is 0.625. The van der Waals surface area contributed by atoms with E-state index >= 15 is 0 Å². The molecule has 2 fully saturated rings. The van der Waals surface area contributed by atoms with Gasteiger partial charge in [0.1, 0.15) is 17.7 Å². The highest BCUT2D eigenvalue weighted by Crippen LogP contribution is 2.19. The zero-order valence-corrected chi connectivity index (χ0v) is 12.2. The standard InChI is InChI=1S/C16H23FN2O2/c17-12-1-3-14(4-2-12)21-16-7-10-20-11-15(16)19-13-5-8-18-9-6-13/h1-4,13,15-16,18-19H,5-11H2/t15-,16+/m0/s1.